The largest absolute Gasteiger partial charge is 0.506 e. The van der Waals surface area contributed by atoms with Crippen molar-refractivity contribution >= 4 is 33.2 Å². The Bertz CT molecular complexity index is 1150. The molecule has 2 aromatic carbocycles. The van der Waals surface area contributed by atoms with Gasteiger partial charge in [0.25, 0.3) is 10.0 Å². The third-order valence-corrected chi connectivity index (χ3v) is 4.91. The molecule has 3 rings (SSSR count). The fourth-order valence-corrected chi connectivity index (χ4v) is 3.25. The number of benzene rings is 2. The van der Waals surface area contributed by atoms with E-state index in [0.717, 1.165) is 6.07 Å². The zero-order valence-corrected chi connectivity index (χ0v) is 15.0. The van der Waals surface area contributed by atoms with Crippen LogP contribution in [0.2, 0.25) is 0 Å². The molecule has 0 spiro atoms. The molecule has 142 valence electrons. The summed E-state index contributed by atoms with van der Waals surface area (Å²) in [5, 5.41) is 26.9. The second kappa shape index (κ2) is 7.84. The molecular weight excluding hydrogens is 384 g/mol. The number of carboxylic acids is 1. The Balaban J connectivity index is 1.86. The molecule has 0 aliphatic rings. The lowest BCUT2D eigenvalue weighted by atomic mass is 10.2. The van der Waals surface area contributed by atoms with Crippen molar-refractivity contribution in [3.8, 4) is 5.75 Å². The summed E-state index contributed by atoms with van der Waals surface area (Å²) in [5.74, 6) is -1.46. The van der Waals surface area contributed by atoms with Gasteiger partial charge in [0.2, 0.25) is 0 Å². The fourth-order valence-electron chi connectivity index (χ4n) is 2.22. The zero-order valence-electron chi connectivity index (χ0n) is 14.2. The SMILES string of the molecule is O=C(O)c1ccccc1N=Nc1ccc(S(=O)(=O)Nc2ccccn2)cc1O. The van der Waals surface area contributed by atoms with Gasteiger partial charge in [-0.3, -0.25) is 4.72 Å². The number of hydrogen-bond donors (Lipinski definition) is 3. The summed E-state index contributed by atoms with van der Waals surface area (Å²) in [6.45, 7) is 0. The van der Waals surface area contributed by atoms with Crippen LogP contribution in [0.1, 0.15) is 10.4 Å². The van der Waals surface area contributed by atoms with Crippen molar-refractivity contribution in [2.75, 3.05) is 4.72 Å². The van der Waals surface area contributed by atoms with Crippen molar-refractivity contribution in [1.82, 2.24) is 4.98 Å². The molecule has 0 atom stereocenters. The number of aromatic carboxylic acids is 1. The molecule has 0 saturated carbocycles. The van der Waals surface area contributed by atoms with Gasteiger partial charge in [-0.05, 0) is 36.4 Å². The van der Waals surface area contributed by atoms with E-state index in [-0.39, 0.29) is 27.7 Å². The van der Waals surface area contributed by atoms with Crippen molar-refractivity contribution in [2.45, 2.75) is 4.90 Å². The monoisotopic (exact) mass is 398 g/mol. The van der Waals surface area contributed by atoms with E-state index < -0.39 is 21.7 Å². The minimum absolute atomic E-state index is 0.0167. The Hall–Kier alpha value is -3.79. The van der Waals surface area contributed by atoms with Crippen LogP contribution in [-0.4, -0.2) is 29.6 Å². The lowest BCUT2D eigenvalue weighted by molar-refractivity contribution is 0.0697. The molecule has 0 amide bonds. The number of carboxylic acid groups (broad SMARTS) is 1. The molecule has 28 heavy (non-hydrogen) atoms. The summed E-state index contributed by atoms with van der Waals surface area (Å²) in [7, 11) is -3.96. The van der Waals surface area contributed by atoms with E-state index in [9.17, 15) is 18.3 Å². The number of anilines is 1. The highest BCUT2D eigenvalue weighted by Gasteiger charge is 2.17. The Kier molecular flexibility index (Phi) is 5.32. The average molecular weight is 398 g/mol. The number of aromatic nitrogens is 1. The van der Waals surface area contributed by atoms with Crippen LogP contribution >= 0.6 is 0 Å². The van der Waals surface area contributed by atoms with Crippen LogP contribution < -0.4 is 4.72 Å². The smallest absolute Gasteiger partial charge is 0.337 e. The summed E-state index contributed by atoms with van der Waals surface area (Å²) >= 11 is 0. The van der Waals surface area contributed by atoms with E-state index >= 15 is 0 Å². The minimum atomic E-state index is -3.96. The van der Waals surface area contributed by atoms with Gasteiger partial charge in [0.05, 0.1) is 10.5 Å². The third-order valence-electron chi connectivity index (χ3n) is 3.56. The molecule has 3 N–H and O–H groups in total. The number of aromatic hydroxyl groups is 1. The Morgan fingerprint density at radius 3 is 2.36 bits per heavy atom. The first-order valence-electron chi connectivity index (χ1n) is 7.88. The summed E-state index contributed by atoms with van der Waals surface area (Å²) in [4.78, 5) is 14.9. The minimum Gasteiger partial charge on any atom is -0.506 e. The van der Waals surface area contributed by atoms with Crippen LogP contribution in [0.15, 0.2) is 82.0 Å². The number of nitrogens with one attached hydrogen (secondary N) is 1. The Morgan fingerprint density at radius 2 is 1.68 bits per heavy atom. The second-order valence-corrected chi connectivity index (χ2v) is 7.18. The molecule has 1 heterocycles. The van der Waals surface area contributed by atoms with Crippen LogP contribution in [0.5, 0.6) is 5.75 Å². The normalized spacial score (nSPS) is 11.4. The molecule has 0 unspecified atom stereocenters. The van der Waals surface area contributed by atoms with Gasteiger partial charge in [0.1, 0.15) is 22.9 Å². The molecule has 0 radical (unpaired) electrons. The molecule has 0 aliphatic carbocycles. The first-order valence-corrected chi connectivity index (χ1v) is 9.36. The molecule has 0 aliphatic heterocycles. The molecule has 10 heteroatoms. The Labute approximate surface area is 160 Å². The standard InChI is InChI=1S/C18H14N4O5S/c23-16-11-12(28(26,27)22-17-7-3-4-10-19-17)8-9-15(16)21-20-14-6-2-1-5-13(14)18(24)25/h1-11,23H,(H,19,22)(H,24,25). The van der Waals surface area contributed by atoms with Gasteiger partial charge in [-0.2, -0.15) is 0 Å². The number of phenols is 1. The lowest BCUT2D eigenvalue weighted by Gasteiger charge is -2.08. The highest BCUT2D eigenvalue weighted by molar-refractivity contribution is 7.92. The number of pyridine rings is 1. The van der Waals surface area contributed by atoms with E-state index in [1.165, 1.54) is 36.5 Å². The number of hydrogen-bond acceptors (Lipinski definition) is 7. The van der Waals surface area contributed by atoms with Crippen LogP contribution in [-0.2, 0) is 10.0 Å². The van der Waals surface area contributed by atoms with Gasteiger partial charge in [-0.25, -0.2) is 18.2 Å². The number of azo groups is 1. The summed E-state index contributed by atoms with van der Waals surface area (Å²) in [6, 6.07) is 14.2. The first kappa shape index (κ1) is 19.0. The van der Waals surface area contributed by atoms with Gasteiger partial charge in [-0.1, -0.05) is 18.2 Å². The van der Waals surface area contributed by atoms with Gasteiger partial charge >= 0.3 is 5.97 Å². The van der Waals surface area contributed by atoms with E-state index in [1.807, 2.05) is 0 Å². The van der Waals surface area contributed by atoms with Crippen LogP contribution in [0, 0.1) is 0 Å². The van der Waals surface area contributed by atoms with E-state index in [2.05, 4.69) is 19.9 Å². The molecular formula is C18H14N4O5S. The van der Waals surface area contributed by atoms with Gasteiger partial charge < -0.3 is 10.2 Å². The first-order chi connectivity index (χ1) is 13.4. The van der Waals surface area contributed by atoms with E-state index in [1.54, 1.807) is 24.3 Å². The lowest BCUT2D eigenvalue weighted by Crippen LogP contribution is -2.13. The third kappa shape index (κ3) is 4.30. The molecule has 9 nitrogen and oxygen atoms in total. The molecule has 0 saturated heterocycles. The number of nitrogens with zero attached hydrogens (tertiary/aromatic N) is 3. The highest BCUT2D eigenvalue weighted by Crippen LogP contribution is 2.31. The maximum atomic E-state index is 12.4. The molecule has 0 bridgehead atoms. The predicted octanol–water partition coefficient (Wildman–Crippen LogP) is 3.70. The highest BCUT2D eigenvalue weighted by atomic mass is 32.2. The van der Waals surface area contributed by atoms with Crippen LogP contribution in [0.4, 0.5) is 17.2 Å². The average Bonchev–Trinajstić information content (AvgIpc) is 2.67. The van der Waals surface area contributed by atoms with E-state index in [0.29, 0.717) is 0 Å². The predicted molar refractivity (Wildman–Crippen MR) is 101 cm³/mol. The van der Waals surface area contributed by atoms with Crippen LogP contribution in [0.3, 0.4) is 0 Å². The topological polar surface area (TPSA) is 141 Å². The van der Waals surface area contributed by atoms with Crippen LogP contribution in [0.25, 0.3) is 0 Å². The molecule has 1 aromatic heterocycles. The number of carbonyl (C=O) groups is 1. The van der Waals surface area contributed by atoms with Crippen molar-refractivity contribution in [1.29, 1.82) is 0 Å². The maximum absolute atomic E-state index is 12.4. The van der Waals surface area contributed by atoms with Crippen molar-refractivity contribution in [2.24, 2.45) is 10.2 Å². The van der Waals surface area contributed by atoms with Crippen molar-refractivity contribution < 1.29 is 23.4 Å². The number of sulfonamides is 1. The zero-order chi connectivity index (χ0) is 20.1. The fraction of sp³-hybridized carbons (Fsp3) is 0. The maximum Gasteiger partial charge on any atom is 0.337 e. The van der Waals surface area contributed by atoms with Gasteiger partial charge in [0.15, 0.2) is 0 Å². The summed E-state index contributed by atoms with van der Waals surface area (Å²) < 4.78 is 27.1. The summed E-state index contributed by atoms with van der Waals surface area (Å²) in [5.41, 5.74) is 0.0318. The van der Waals surface area contributed by atoms with Gasteiger partial charge in [-0.15, -0.1) is 10.2 Å². The number of phenolic OH excluding ortho intramolecular Hbond substituents is 1. The van der Waals surface area contributed by atoms with Crippen molar-refractivity contribution in [3.05, 3.63) is 72.4 Å². The van der Waals surface area contributed by atoms with Crippen molar-refractivity contribution in [3.63, 3.8) is 0 Å². The van der Waals surface area contributed by atoms with Gasteiger partial charge in [0, 0.05) is 12.3 Å². The second-order valence-electron chi connectivity index (χ2n) is 5.49. The quantitative estimate of drug-likeness (QED) is 0.541. The molecule has 3 aromatic rings. The molecule has 0 fully saturated rings. The number of rotatable bonds is 6. The van der Waals surface area contributed by atoms with E-state index in [4.69, 9.17) is 5.11 Å². The Morgan fingerprint density at radius 1 is 0.964 bits per heavy atom. The summed E-state index contributed by atoms with van der Waals surface area (Å²) in [6.07, 6.45) is 1.44.